The molecule has 0 bridgehead atoms. The van der Waals surface area contributed by atoms with Crippen LogP contribution >= 0.6 is 0 Å². The van der Waals surface area contributed by atoms with E-state index >= 15 is 0 Å². The molecule has 1 heterocycles. The Labute approximate surface area is 100 Å². The highest BCUT2D eigenvalue weighted by Crippen LogP contribution is 2.44. The van der Waals surface area contributed by atoms with E-state index in [2.05, 4.69) is 0 Å². The van der Waals surface area contributed by atoms with E-state index in [0.29, 0.717) is 31.1 Å². The molecule has 92 valence electrons. The molecule has 4 heteroatoms. The number of nitrogens with two attached hydrogens (primary N) is 1. The van der Waals surface area contributed by atoms with Gasteiger partial charge in [-0.3, -0.25) is 0 Å². The zero-order chi connectivity index (χ0) is 11.9. The molecule has 17 heavy (non-hydrogen) atoms. The van der Waals surface area contributed by atoms with E-state index in [4.69, 9.17) is 15.2 Å². The van der Waals surface area contributed by atoms with Crippen molar-refractivity contribution in [2.24, 2.45) is 5.73 Å². The average molecular weight is 235 g/mol. The quantitative estimate of drug-likeness (QED) is 0.817. The average Bonchev–Trinajstić information content (AvgIpc) is 3.06. The van der Waals surface area contributed by atoms with Crippen LogP contribution in [0.3, 0.4) is 0 Å². The molecular formula is C13H17NO3. The van der Waals surface area contributed by atoms with Crippen molar-refractivity contribution in [3.63, 3.8) is 0 Å². The van der Waals surface area contributed by atoms with Gasteiger partial charge in [0.1, 0.15) is 0 Å². The van der Waals surface area contributed by atoms with Gasteiger partial charge in [-0.25, -0.2) is 0 Å². The van der Waals surface area contributed by atoms with E-state index in [-0.39, 0.29) is 11.3 Å². The van der Waals surface area contributed by atoms with Crippen molar-refractivity contribution in [2.45, 2.75) is 31.2 Å². The van der Waals surface area contributed by atoms with Gasteiger partial charge in [0.25, 0.3) is 0 Å². The van der Waals surface area contributed by atoms with Crippen LogP contribution in [0.1, 0.15) is 24.8 Å². The maximum Gasteiger partial charge on any atom is 0.203 e. The van der Waals surface area contributed by atoms with E-state index in [0.717, 1.165) is 24.8 Å². The number of hydrogen-bond donors (Lipinski definition) is 2. The van der Waals surface area contributed by atoms with Gasteiger partial charge in [-0.05, 0) is 30.9 Å². The zero-order valence-corrected chi connectivity index (χ0v) is 9.74. The summed E-state index contributed by atoms with van der Waals surface area (Å²) in [6, 6.07) is 3.75. The number of phenolic OH excluding ortho intramolecular Hbond substituents is 1. The summed E-state index contributed by atoms with van der Waals surface area (Å²) in [6.45, 7) is 1.21. The lowest BCUT2D eigenvalue weighted by molar-refractivity contribution is 0.291. The van der Waals surface area contributed by atoms with Gasteiger partial charge in [-0.15, -0.1) is 0 Å². The van der Waals surface area contributed by atoms with Crippen molar-refractivity contribution in [1.29, 1.82) is 0 Å². The Morgan fingerprint density at radius 2 is 2.00 bits per heavy atom. The Bertz CT molecular complexity index is 441. The van der Waals surface area contributed by atoms with Gasteiger partial charge in [0, 0.05) is 12.0 Å². The Kier molecular flexibility index (Phi) is 2.40. The highest BCUT2D eigenvalue weighted by molar-refractivity contribution is 5.55. The van der Waals surface area contributed by atoms with Crippen LogP contribution in [0.2, 0.25) is 0 Å². The summed E-state index contributed by atoms with van der Waals surface area (Å²) in [6.07, 6.45) is 3.60. The minimum atomic E-state index is -0.114. The van der Waals surface area contributed by atoms with Crippen molar-refractivity contribution < 1.29 is 14.6 Å². The summed E-state index contributed by atoms with van der Waals surface area (Å²) in [5, 5.41) is 10.2. The molecule has 2 aliphatic rings. The Hall–Kier alpha value is -1.42. The molecule has 4 nitrogen and oxygen atoms in total. The largest absolute Gasteiger partial charge is 0.504 e. The fraction of sp³-hybridized carbons (Fsp3) is 0.538. The normalized spacial score (nSPS) is 20.8. The molecule has 0 radical (unpaired) electrons. The third-order valence-electron chi connectivity index (χ3n) is 3.41. The first-order valence-corrected chi connectivity index (χ1v) is 6.07. The monoisotopic (exact) mass is 235 g/mol. The molecule has 1 saturated carbocycles. The van der Waals surface area contributed by atoms with Crippen molar-refractivity contribution in [3.8, 4) is 17.2 Å². The first-order valence-electron chi connectivity index (χ1n) is 6.07. The molecule has 3 N–H and O–H groups in total. The first kappa shape index (κ1) is 10.7. The number of rotatable bonds is 2. The summed E-state index contributed by atoms with van der Waals surface area (Å²) >= 11 is 0. The smallest absolute Gasteiger partial charge is 0.203 e. The zero-order valence-electron chi connectivity index (χ0n) is 9.74. The molecule has 1 aliphatic heterocycles. The lowest BCUT2D eigenvalue weighted by Gasteiger charge is -2.14. The molecule has 3 rings (SSSR count). The maximum absolute atomic E-state index is 10.2. The molecule has 1 aromatic rings. The molecule has 0 aromatic heterocycles. The van der Waals surface area contributed by atoms with E-state index in [1.54, 1.807) is 0 Å². The summed E-state index contributed by atoms with van der Waals surface area (Å²) in [7, 11) is 0. The summed E-state index contributed by atoms with van der Waals surface area (Å²) in [5.74, 6) is 1.30. The Morgan fingerprint density at radius 1 is 1.24 bits per heavy atom. The van der Waals surface area contributed by atoms with Crippen LogP contribution in [0.5, 0.6) is 17.2 Å². The van der Waals surface area contributed by atoms with Crippen LogP contribution in [0.15, 0.2) is 12.1 Å². The third-order valence-corrected chi connectivity index (χ3v) is 3.41. The SMILES string of the molecule is NC1(Cc2ccc3c(c2O)OCCCO3)CC1. The van der Waals surface area contributed by atoms with E-state index < -0.39 is 0 Å². The fourth-order valence-electron chi connectivity index (χ4n) is 2.12. The van der Waals surface area contributed by atoms with Gasteiger partial charge in [0.2, 0.25) is 5.75 Å². The predicted octanol–water partition coefficient (Wildman–Crippen LogP) is 1.59. The molecule has 1 fully saturated rings. The van der Waals surface area contributed by atoms with Crippen molar-refractivity contribution in [3.05, 3.63) is 17.7 Å². The van der Waals surface area contributed by atoms with E-state index in [9.17, 15) is 5.11 Å². The van der Waals surface area contributed by atoms with E-state index in [1.165, 1.54) is 0 Å². The minimum absolute atomic E-state index is 0.114. The number of benzene rings is 1. The lowest BCUT2D eigenvalue weighted by Crippen LogP contribution is -2.24. The molecule has 1 aromatic carbocycles. The summed E-state index contributed by atoms with van der Waals surface area (Å²) < 4.78 is 11.1. The summed E-state index contributed by atoms with van der Waals surface area (Å²) in [4.78, 5) is 0. The van der Waals surface area contributed by atoms with Gasteiger partial charge < -0.3 is 20.3 Å². The van der Waals surface area contributed by atoms with Crippen LogP contribution in [-0.4, -0.2) is 23.9 Å². The van der Waals surface area contributed by atoms with Crippen LogP contribution in [0, 0.1) is 0 Å². The summed E-state index contributed by atoms with van der Waals surface area (Å²) in [5.41, 5.74) is 6.81. The molecule has 0 amide bonds. The second-order valence-electron chi connectivity index (χ2n) is 4.99. The topological polar surface area (TPSA) is 64.7 Å². The number of phenols is 1. The fourth-order valence-corrected chi connectivity index (χ4v) is 2.12. The molecular weight excluding hydrogens is 218 g/mol. The van der Waals surface area contributed by atoms with Gasteiger partial charge in [-0.1, -0.05) is 6.07 Å². The Morgan fingerprint density at radius 3 is 2.76 bits per heavy atom. The number of ether oxygens (including phenoxy) is 2. The molecule has 0 atom stereocenters. The first-order chi connectivity index (χ1) is 8.18. The van der Waals surface area contributed by atoms with Gasteiger partial charge in [0.15, 0.2) is 11.5 Å². The molecule has 0 unspecified atom stereocenters. The van der Waals surface area contributed by atoms with Crippen LogP contribution < -0.4 is 15.2 Å². The van der Waals surface area contributed by atoms with Gasteiger partial charge in [-0.2, -0.15) is 0 Å². The van der Waals surface area contributed by atoms with Crippen molar-refractivity contribution in [2.75, 3.05) is 13.2 Å². The second kappa shape index (κ2) is 3.81. The number of aromatic hydroxyl groups is 1. The van der Waals surface area contributed by atoms with Gasteiger partial charge in [0.05, 0.1) is 13.2 Å². The van der Waals surface area contributed by atoms with Crippen molar-refractivity contribution >= 4 is 0 Å². The van der Waals surface area contributed by atoms with Crippen molar-refractivity contribution in [1.82, 2.24) is 0 Å². The molecule has 1 aliphatic carbocycles. The highest BCUT2D eigenvalue weighted by Gasteiger charge is 2.39. The molecule has 0 saturated heterocycles. The number of hydrogen-bond acceptors (Lipinski definition) is 4. The van der Waals surface area contributed by atoms with Crippen LogP contribution in [0.25, 0.3) is 0 Å². The standard InChI is InChI=1S/C13H17NO3/c14-13(4-5-13)8-9-2-3-10-12(11(9)15)17-7-1-6-16-10/h2-3,15H,1,4-8,14H2. The minimum Gasteiger partial charge on any atom is -0.504 e. The lowest BCUT2D eigenvalue weighted by atomic mass is 10.0. The predicted molar refractivity (Wildman–Crippen MR) is 63.6 cm³/mol. The van der Waals surface area contributed by atoms with Crippen LogP contribution in [-0.2, 0) is 6.42 Å². The highest BCUT2D eigenvalue weighted by atomic mass is 16.5. The van der Waals surface area contributed by atoms with Crippen LogP contribution in [0.4, 0.5) is 0 Å². The third kappa shape index (κ3) is 2.05. The Balaban J connectivity index is 1.93. The van der Waals surface area contributed by atoms with Gasteiger partial charge >= 0.3 is 0 Å². The second-order valence-corrected chi connectivity index (χ2v) is 4.99. The maximum atomic E-state index is 10.2. The number of fused-ring (bicyclic) bond motifs is 1. The van der Waals surface area contributed by atoms with E-state index in [1.807, 2.05) is 12.1 Å². The molecule has 0 spiro atoms.